The fourth-order valence-corrected chi connectivity index (χ4v) is 2.88. The van der Waals surface area contributed by atoms with E-state index in [0.717, 1.165) is 37.2 Å². The molecular formula is C16H25FOS. The molecule has 1 rings (SSSR count). The molecule has 108 valence electrons. The Bertz CT molecular complexity index is 386. The van der Waals surface area contributed by atoms with Crippen LogP contribution in [0, 0.1) is 18.2 Å². The zero-order valence-electron chi connectivity index (χ0n) is 12.2. The maximum absolute atomic E-state index is 13.2. The molecule has 0 atom stereocenters. The summed E-state index contributed by atoms with van der Waals surface area (Å²) in [6.45, 7) is 6.79. The van der Waals surface area contributed by atoms with E-state index in [1.165, 1.54) is 6.07 Å². The molecule has 1 nitrogen and oxygen atoms in total. The van der Waals surface area contributed by atoms with Gasteiger partial charge in [0.05, 0.1) is 6.61 Å². The van der Waals surface area contributed by atoms with E-state index in [0.29, 0.717) is 12.2 Å². The van der Waals surface area contributed by atoms with Crippen LogP contribution in [0.1, 0.15) is 45.1 Å². The second-order valence-corrected chi connectivity index (χ2v) is 5.67. The largest absolute Gasteiger partial charge is 0.493 e. The van der Waals surface area contributed by atoms with Gasteiger partial charge in [0.2, 0.25) is 0 Å². The topological polar surface area (TPSA) is 9.23 Å². The van der Waals surface area contributed by atoms with Crippen molar-refractivity contribution in [2.75, 3.05) is 12.4 Å². The second kappa shape index (κ2) is 7.78. The number of ether oxygens (including phenoxy) is 1. The highest BCUT2D eigenvalue weighted by molar-refractivity contribution is 7.80. The Morgan fingerprint density at radius 1 is 1.21 bits per heavy atom. The molecule has 0 spiro atoms. The summed E-state index contributed by atoms with van der Waals surface area (Å²) in [5, 5.41) is 0. The van der Waals surface area contributed by atoms with Crippen LogP contribution in [0.2, 0.25) is 0 Å². The van der Waals surface area contributed by atoms with Crippen molar-refractivity contribution in [3.8, 4) is 5.75 Å². The standard InChI is InChI=1S/C16H25FOS/c1-4-8-16(12-19,9-5-2)11-18-14-6-7-15(17)13(3)10-14/h6-7,10,19H,4-5,8-9,11-12H2,1-3H3. The SMILES string of the molecule is CCCC(CS)(CCC)COc1ccc(F)c(C)c1. The fourth-order valence-electron chi connectivity index (χ4n) is 2.48. The summed E-state index contributed by atoms with van der Waals surface area (Å²) in [6.07, 6.45) is 4.49. The first-order chi connectivity index (χ1) is 9.06. The van der Waals surface area contributed by atoms with E-state index in [1.54, 1.807) is 19.1 Å². The van der Waals surface area contributed by atoms with Gasteiger partial charge in [-0.15, -0.1) is 0 Å². The molecule has 0 unspecified atom stereocenters. The van der Waals surface area contributed by atoms with Gasteiger partial charge in [-0.05, 0) is 49.3 Å². The molecule has 0 N–H and O–H groups in total. The normalized spacial score (nSPS) is 11.6. The summed E-state index contributed by atoms with van der Waals surface area (Å²) in [5.74, 6) is 1.39. The van der Waals surface area contributed by atoms with Crippen LogP contribution >= 0.6 is 12.6 Å². The maximum Gasteiger partial charge on any atom is 0.126 e. The van der Waals surface area contributed by atoms with Crippen LogP contribution in [0.3, 0.4) is 0 Å². The molecule has 19 heavy (non-hydrogen) atoms. The highest BCUT2D eigenvalue weighted by Crippen LogP contribution is 2.32. The molecule has 0 aromatic heterocycles. The van der Waals surface area contributed by atoms with Gasteiger partial charge in [0.15, 0.2) is 0 Å². The Balaban J connectivity index is 2.71. The third kappa shape index (κ3) is 4.72. The van der Waals surface area contributed by atoms with E-state index in [1.807, 2.05) is 0 Å². The molecule has 1 aromatic rings. The Morgan fingerprint density at radius 3 is 2.32 bits per heavy atom. The third-order valence-electron chi connectivity index (χ3n) is 3.57. The molecule has 1 aromatic carbocycles. The Kier molecular flexibility index (Phi) is 6.70. The predicted octanol–water partition coefficient (Wildman–Crippen LogP) is 5.03. The number of hydrogen-bond donors (Lipinski definition) is 1. The zero-order valence-corrected chi connectivity index (χ0v) is 13.1. The summed E-state index contributed by atoms with van der Waals surface area (Å²) in [7, 11) is 0. The van der Waals surface area contributed by atoms with Crippen molar-refractivity contribution in [3.63, 3.8) is 0 Å². The fraction of sp³-hybridized carbons (Fsp3) is 0.625. The monoisotopic (exact) mass is 284 g/mol. The van der Waals surface area contributed by atoms with Crippen LogP contribution in [0.5, 0.6) is 5.75 Å². The average molecular weight is 284 g/mol. The molecule has 0 fully saturated rings. The lowest BCUT2D eigenvalue weighted by atomic mass is 9.82. The summed E-state index contributed by atoms with van der Waals surface area (Å²) >= 11 is 4.51. The van der Waals surface area contributed by atoms with E-state index in [-0.39, 0.29) is 11.2 Å². The average Bonchev–Trinajstić information content (AvgIpc) is 2.40. The first-order valence-corrected chi connectivity index (χ1v) is 7.70. The van der Waals surface area contributed by atoms with Gasteiger partial charge in [0, 0.05) is 5.41 Å². The van der Waals surface area contributed by atoms with Crippen LogP contribution in [-0.2, 0) is 0 Å². The molecular weight excluding hydrogens is 259 g/mol. The molecule has 0 aliphatic rings. The van der Waals surface area contributed by atoms with E-state index in [4.69, 9.17) is 4.74 Å². The molecule has 0 aliphatic heterocycles. The first kappa shape index (κ1) is 16.4. The number of aryl methyl sites for hydroxylation is 1. The van der Waals surface area contributed by atoms with Gasteiger partial charge in [-0.25, -0.2) is 4.39 Å². The molecule has 0 saturated heterocycles. The molecule has 0 bridgehead atoms. The highest BCUT2D eigenvalue weighted by Gasteiger charge is 2.27. The van der Waals surface area contributed by atoms with Crippen LogP contribution in [0.25, 0.3) is 0 Å². The zero-order chi connectivity index (χ0) is 14.3. The molecule has 0 aliphatic carbocycles. The van der Waals surface area contributed by atoms with Crippen LogP contribution < -0.4 is 4.74 Å². The van der Waals surface area contributed by atoms with Crippen LogP contribution in [0.15, 0.2) is 18.2 Å². The van der Waals surface area contributed by atoms with E-state index in [2.05, 4.69) is 26.5 Å². The summed E-state index contributed by atoms with van der Waals surface area (Å²) in [6, 6.07) is 4.92. The van der Waals surface area contributed by atoms with Crippen LogP contribution in [0.4, 0.5) is 4.39 Å². The van der Waals surface area contributed by atoms with Crippen molar-refractivity contribution in [2.24, 2.45) is 5.41 Å². The first-order valence-electron chi connectivity index (χ1n) is 7.06. The highest BCUT2D eigenvalue weighted by atomic mass is 32.1. The van der Waals surface area contributed by atoms with Gasteiger partial charge in [0.25, 0.3) is 0 Å². The quantitative estimate of drug-likeness (QED) is 0.659. The number of rotatable bonds is 8. The van der Waals surface area contributed by atoms with Crippen molar-refractivity contribution in [1.29, 1.82) is 0 Å². The number of halogens is 1. The smallest absolute Gasteiger partial charge is 0.126 e. The van der Waals surface area contributed by atoms with E-state index < -0.39 is 0 Å². The van der Waals surface area contributed by atoms with Crippen molar-refractivity contribution in [1.82, 2.24) is 0 Å². The molecule has 0 amide bonds. The predicted molar refractivity (Wildman–Crippen MR) is 82.7 cm³/mol. The van der Waals surface area contributed by atoms with E-state index in [9.17, 15) is 4.39 Å². The maximum atomic E-state index is 13.2. The number of hydrogen-bond acceptors (Lipinski definition) is 2. The van der Waals surface area contributed by atoms with Gasteiger partial charge in [-0.3, -0.25) is 0 Å². The minimum atomic E-state index is -0.185. The summed E-state index contributed by atoms with van der Waals surface area (Å²) in [5.41, 5.74) is 0.759. The van der Waals surface area contributed by atoms with Gasteiger partial charge in [0.1, 0.15) is 11.6 Å². The van der Waals surface area contributed by atoms with Crippen LogP contribution in [-0.4, -0.2) is 12.4 Å². The Morgan fingerprint density at radius 2 is 1.84 bits per heavy atom. The van der Waals surface area contributed by atoms with Crippen molar-refractivity contribution in [3.05, 3.63) is 29.6 Å². The minimum Gasteiger partial charge on any atom is -0.493 e. The molecule has 0 radical (unpaired) electrons. The molecule has 0 saturated carbocycles. The van der Waals surface area contributed by atoms with Crippen molar-refractivity contribution in [2.45, 2.75) is 46.5 Å². The van der Waals surface area contributed by atoms with Gasteiger partial charge in [-0.2, -0.15) is 12.6 Å². The lowest BCUT2D eigenvalue weighted by molar-refractivity contribution is 0.143. The third-order valence-corrected chi connectivity index (χ3v) is 4.24. The summed E-state index contributed by atoms with van der Waals surface area (Å²) in [4.78, 5) is 0. The minimum absolute atomic E-state index is 0.134. The van der Waals surface area contributed by atoms with Crippen molar-refractivity contribution >= 4 is 12.6 Å². The molecule has 3 heteroatoms. The van der Waals surface area contributed by atoms with Gasteiger partial charge < -0.3 is 4.74 Å². The van der Waals surface area contributed by atoms with E-state index >= 15 is 0 Å². The number of thiol groups is 1. The van der Waals surface area contributed by atoms with Crippen molar-refractivity contribution < 1.29 is 9.13 Å². The lowest BCUT2D eigenvalue weighted by Gasteiger charge is -2.31. The molecule has 0 heterocycles. The Labute approximate surface area is 122 Å². The lowest BCUT2D eigenvalue weighted by Crippen LogP contribution is -2.30. The number of benzene rings is 1. The summed E-state index contributed by atoms with van der Waals surface area (Å²) < 4.78 is 19.1. The van der Waals surface area contributed by atoms with Gasteiger partial charge in [-0.1, -0.05) is 26.7 Å². The van der Waals surface area contributed by atoms with Gasteiger partial charge >= 0.3 is 0 Å². The second-order valence-electron chi connectivity index (χ2n) is 5.36. The Hall–Kier alpha value is -0.700.